The van der Waals surface area contributed by atoms with E-state index in [0.717, 1.165) is 45.3 Å². The van der Waals surface area contributed by atoms with Gasteiger partial charge in [-0.2, -0.15) is 0 Å². The van der Waals surface area contributed by atoms with E-state index < -0.39 is 0 Å². The summed E-state index contributed by atoms with van der Waals surface area (Å²) in [4.78, 5) is 26.6. The minimum absolute atomic E-state index is 0.0162. The Labute approximate surface area is 144 Å². The highest BCUT2D eigenvalue weighted by atomic mass is 16.2. The van der Waals surface area contributed by atoms with Crippen molar-refractivity contribution in [3.63, 3.8) is 0 Å². The molecular weight excluding hydrogens is 302 g/mol. The zero-order valence-corrected chi connectivity index (χ0v) is 14.8. The van der Waals surface area contributed by atoms with Crippen molar-refractivity contribution >= 4 is 17.5 Å². The molecule has 2 N–H and O–H groups in total. The zero-order valence-electron chi connectivity index (χ0n) is 14.8. The molecule has 0 spiro atoms. The summed E-state index contributed by atoms with van der Waals surface area (Å²) < 4.78 is 0. The number of piperidine rings is 1. The van der Waals surface area contributed by atoms with Crippen LogP contribution in [0.4, 0.5) is 5.69 Å². The molecule has 5 heteroatoms. The normalized spacial score (nSPS) is 18.2. The Hall–Kier alpha value is -1.88. The maximum atomic E-state index is 12.5. The number of nitrogens with zero attached hydrogens (tertiary/aromatic N) is 1. The molecule has 2 rings (SSSR count). The van der Waals surface area contributed by atoms with Crippen molar-refractivity contribution in [2.75, 3.05) is 25.0 Å². The van der Waals surface area contributed by atoms with Crippen molar-refractivity contribution < 1.29 is 9.59 Å². The number of hydrogen-bond donors (Lipinski definition) is 2. The van der Waals surface area contributed by atoms with Crippen molar-refractivity contribution in [1.82, 2.24) is 10.2 Å². The first-order valence-corrected chi connectivity index (χ1v) is 9.05. The van der Waals surface area contributed by atoms with Gasteiger partial charge in [-0.25, -0.2) is 0 Å². The lowest BCUT2D eigenvalue weighted by molar-refractivity contribution is -0.116. The monoisotopic (exact) mass is 331 g/mol. The predicted molar refractivity (Wildman–Crippen MR) is 97.2 cm³/mol. The number of hydrogen-bond acceptors (Lipinski definition) is 3. The molecule has 0 aliphatic carbocycles. The summed E-state index contributed by atoms with van der Waals surface area (Å²) in [6.07, 6.45) is 4.59. The first-order valence-electron chi connectivity index (χ1n) is 9.05. The van der Waals surface area contributed by atoms with Gasteiger partial charge in [0.2, 0.25) is 5.91 Å². The van der Waals surface area contributed by atoms with Crippen LogP contribution in [0.25, 0.3) is 0 Å². The summed E-state index contributed by atoms with van der Waals surface area (Å²) in [6.45, 7) is 7.28. The fourth-order valence-corrected chi connectivity index (χ4v) is 3.15. The summed E-state index contributed by atoms with van der Waals surface area (Å²) in [5.41, 5.74) is 1.27. The van der Waals surface area contributed by atoms with Gasteiger partial charge in [0.25, 0.3) is 5.91 Å². The Kier molecular flexibility index (Phi) is 7.25. The lowest BCUT2D eigenvalue weighted by atomic mass is 10.0. The van der Waals surface area contributed by atoms with Crippen molar-refractivity contribution in [2.24, 2.45) is 0 Å². The van der Waals surface area contributed by atoms with E-state index in [4.69, 9.17) is 0 Å². The lowest BCUT2D eigenvalue weighted by Gasteiger charge is -2.32. The molecule has 1 aromatic carbocycles. The minimum Gasteiger partial charge on any atom is -0.348 e. The van der Waals surface area contributed by atoms with Gasteiger partial charge >= 0.3 is 0 Å². The Morgan fingerprint density at radius 3 is 2.83 bits per heavy atom. The van der Waals surface area contributed by atoms with E-state index >= 15 is 0 Å². The summed E-state index contributed by atoms with van der Waals surface area (Å²) >= 11 is 0. The molecule has 0 saturated carbocycles. The first kappa shape index (κ1) is 18.5. The molecule has 0 aromatic heterocycles. The number of benzene rings is 1. The molecule has 5 nitrogen and oxygen atoms in total. The van der Waals surface area contributed by atoms with E-state index in [-0.39, 0.29) is 17.9 Å². The molecule has 1 aliphatic heterocycles. The topological polar surface area (TPSA) is 61.4 Å². The van der Waals surface area contributed by atoms with E-state index in [1.807, 2.05) is 13.0 Å². The van der Waals surface area contributed by atoms with Crippen LogP contribution in [-0.4, -0.2) is 42.4 Å². The average molecular weight is 331 g/mol. The van der Waals surface area contributed by atoms with Gasteiger partial charge in [-0.1, -0.05) is 19.9 Å². The van der Waals surface area contributed by atoms with Crippen LogP contribution in [0.1, 0.15) is 56.3 Å². The van der Waals surface area contributed by atoms with E-state index in [1.165, 1.54) is 0 Å². The van der Waals surface area contributed by atoms with Crippen molar-refractivity contribution in [3.05, 3.63) is 29.8 Å². The molecule has 24 heavy (non-hydrogen) atoms. The van der Waals surface area contributed by atoms with Gasteiger partial charge in [-0.15, -0.1) is 0 Å². The third kappa shape index (κ3) is 5.64. The zero-order chi connectivity index (χ0) is 17.4. The Balaban J connectivity index is 1.93. The van der Waals surface area contributed by atoms with Gasteiger partial charge in [-0.05, 0) is 57.0 Å². The van der Waals surface area contributed by atoms with E-state index in [2.05, 4.69) is 22.5 Å². The number of carbonyl (C=O) groups is 2. The Morgan fingerprint density at radius 2 is 2.08 bits per heavy atom. The summed E-state index contributed by atoms with van der Waals surface area (Å²) in [7, 11) is 0. The number of carbonyl (C=O) groups excluding carboxylic acids is 2. The summed E-state index contributed by atoms with van der Waals surface area (Å²) in [6, 6.07) is 7.36. The average Bonchev–Trinajstić information content (AvgIpc) is 2.56. The Morgan fingerprint density at radius 1 is 1.25 bits per heavy atom. The van der Waals surface area contributed by atoms with Crippen molar-refractivity contribution in [3.8, 4) is 0 Å². The molecule has 1 saturated heterocycles. The number of amides is 2. The first-order chi connectivity index (χ1) is 11.6. The molecule has 0 radical (unpaired) electrons. The van der Waals surface area contributed by atoms with Gasteiger partial charge in [0, 0.05) is 30.3 Å². The van der Waals surface area contributed by atoms with Gasteiger partial charge in [0.1, 0.15) is 0 Å². The highest BCUT2D eigenvalue weighted by Gasteiger charge is 2.21. The highest BCUT2D eigenvalue weighted by Crippen LogP contribution is 2.14. The van der Waals surface area contributed by atoms with Crippen LogP contribution < -0.4 is 10.6 Å². The van der Waals surface area contributed by atoms with Crippen molar-refractivity contribution in [2.45, 2.75) is 52.0 Å². The molecule has 0 bridgehead atoms. The molecule has 0 unspecified atom stereocenters. The molecule has 1 aromatic rings. The van der Waals surface area contributed by atoms with Crippen molar-refractivity contribution in [1.29, 1.82) is 0 Å². The van der Waals surface area contributed by atoms with Crippen LogP contribution in [0.3, 0.4) is 0 Å². The number of rotatable bonds is 7. The lowest BCUT2D eigenvalue weighted by Crippen LogP contribution is -2.47. The van der Waals surface area contributed by atoms with Crippen LogP contribution in [-0.2, 0) is 4.79 Å². The smallest absolute Gasteiger partial charge is 0.251 e. The quantitative estimate of drug-likeness (QED) is 0.807. The van der Waals surface area contributed by atoms with Crippen LogP contribution in [0.15, 0.2) is 24.3 Å². The number of anilines is 1. The molecule has 2 amide bonds. The highest BCUT2D eigenvalue weighted by molar-refractivity contribution is 5.97. The van der Waals surface area contributed by atoms with Gasteiger partial charge in [0.05, 0.1) is 0 Å². The fraction of sp³-hybridized carbons (Fsp3) is 0.579. The molecule has 1 aliphatic rings. The molecular formula is C19H29N3O2. The largest absolute Gasteiger partial charge is 0.348 e. The van der Waals surface area contributed by atoms with E-state index in [9.17, 15) is 9.59 Å². The van der Waals surface area contributed by atoms with Crippen LogP contribution in [0.2, 0.25) is 0 Å². The second-order valence-corrected chi connectivity index (χ2v) is 6.49. The molecule has 132 valence electrons. The second-order valence-electron chi connectivity index (χ2n) is 6.49. The maximum absolute atomic E-state index is 12.5. The summed E-state index contributed by atoms with van der Waals surface area (Å²) in [5.74, 6) is -0.0810. The standard InChI is InChI=1S/C19H29N3O2/c1-3-7-18(23)20-16-9-5-8-15(13-16)19(24)21-17-10-6-12-22(14-17)11-4-2/h5,8-9,13,17H,3-4,6-7,10-12,14H2,1-2H3,(H,20,23)(H,21,24)/t17-/m1/s1. The van der Waals surface area contributed by atoms with E-state index in [1.54, 1.807) is 18.2 Å². The number of likely N-dealkylation sites (tertiary alicyclic amines) is 1. The Bertz CT molecular complexity index is 557. The van der Waals surface area contributed by atoms with Gasteiger partial charge in [0.15, 0.2) is 0 Å². The van der Waals surface area contributed by atoms with Crippen LogP contribution >= 0.6 is 0 Å². The fourth-order valence-electron chi connectivity index (χ4n) is 3.15. The maximum Gasteiger partial charge on any atom is 0.251 e. The third-order valence-electron chi connectivity index (χ3n) is 4.27. The van der Waals surface area contributed by atoms with Gasteiger partial charge < -0.3 is 15.5 Å². The van der Waals surface area contributed by atoms with Gasteiger partial charge in [-0.3, -0.25) is 9.59 Å². The molecule has 1 heterocycles. The van der Waals surface area contributed by atoms with Crippen LogP contribution in [0, 0.1) is 0 Å². The number of nitrogens with one attached hydrogen (secondary N) is 2. The SMILES string of the molecule is CCCC(=O)Nc1cccc(C(=O)N[C@@H]2CCCN(CCC)C2)c1. The minimum atomic E-state index is -0.0649. The second kappa shape index (κ2) is 9.42. The predicted octanol–water partition coefficient (Wildman–Crippen LogP) is 3.03. The van der Waals surface area contributed by atoms with E-state index in [0.29, 0.717) is 17.7 Å². The molecule has 1 fully saturated rings. The third-order valence-corrected chi connectivity index (χ3v) is 4.27. The summed E-state index contributed by atoms with van der Waals surface area (Å²) in [5, 5.41) is 5.97. The van der Waals surface area contributed by atoms with Crippen LogP contribution in [0.5, 0.6) is 0 Å². The molecule has 1 atom stereocenters.